The molecular weight excluding hydrogens is 324 g/mol. The molecule has 0 aliphatic carbocycles. The molecular formula is C18H20N2O3S. The number of aromatic nitrogens is 1. The third-order valence-electron chi connectivity index (χ3n) is 4.23. The van der Waals surface area contributed by atoms with Crippen molar-refractivity contribution in [1.82, 2.24) is 10.3 Å². The van der Waals surface area contributed by atoms with E-state index in [1.165, 1.54) is 0 Å². The zero-order valence-electron chi connectivity index (χ0n) is 13.5. The van der Waals surface area contributed by atoms with Gasteiger partial charge in [-0.05, 0) is 31.0 Å². The highest BCUT2D eigenvalue weighted by molar-refractivity contribution is 7.91. The van der Waals surface area contributed by atoms with Crippen LogP contribution in [0, 0.1) is 0 Å². The average molecular weight is 344 g/mol. The van der Waals surface area contributed by atoms with Crippen LogP contribution in [0.2, 0.25) is 0 Å². The van der Waals surface area contributed by atoms with Gasteiger partial charge in [-0.1, -0.05) is 30.3 Å². The highest BCUT2D eigenvalue weighted by atomic mass is 32.2. The fraction of sp³-hybridized carbons (Fsp3) is 0.333. The lowest BCUT2D eigenvalue weighted by Crippen LogP contribution is -2.46. The van der Waals surface area contributed by atoms with Gasteiger partial charge in [-0.3, -0.25) is 9.78 Å². The van der Waals surface area contributed by atoms with Crippen LogP contribution in [-0.2, 0) is 16.3 Å². The van der Waals surface area contributed by atoms with E-state index in [1.54, 1.807) is 19.2 Å². The molecule has 24 heavy (non-hydrogen) atoms. The molecule has 126 valence electrons. The molecule has 1 fully saturated rings. The van der Waals surface area contributed by atoms with Crippen LogP contribution in [0.1, 0.15) is 35.0 Å². The van der Waals surface area contributed by atoms with Crippen LogP contribution in [0.15, 0.2) is 48.7 Å². The number of nitrogens with one attached hydrogen (secondary N) is 1. The molecule has 6 heteroatoms. The second-order valence-corrected chi connectivity index (χ2v) is 8.74. The summed E-state index contributed by atoms with van der Waals surface area (Å²) in [5.41, 5.74) is 1.79. The lowest BCUT2D eigenvalue weighted by molar-refractivity contribution is 0.0915. The monoisotopic (exact) mass is 344 g/mol. The Morgan fingerprint density at radius 2 is 1.96 bits per heavy atom. The fourth-order valence-electron chi connectivity index (χ4n) is 2.92. The van der Waals surface area contributed by atoms with Crippen LogP contribution < -0.4 is 5.32 Å². The van der Waals surface area contributed by atoms with Crippen molar-refractivity contribution in [3.63, 3.8) is 0 Å². The molecule has 1 aromatic carbocycles. The largest absolute Gasteiger partial charge is 0.346 e. The number of nitrogens with zero attached hydrogens (tertiary/aromatic N) is 1. The van der Waals surface area contributed by atoms with E-state index in [-0.39, 0.29) is 17.4 Å². The Balaban J connectivity index is 1.66. The van der Waals surface area contributed by atoms with Gasteiger partial charge in [-0.25, -0.2) is 8.42 Å². The SMILES string of the molecule is CC1(NC(=O)c2ccc(Cc3ccccc3)nc2)CCS(=O)(=O)C1. The first kappa shape index (κ1) is 16.6. The van der Waals surface area contributed by atoms with Crippen LogP contribution in [0.4, 0.5) is 0 Å². The van der Waals surface area contributed by atoms with Gasteiger partial charge in [0.05, 0.1) is 22.6 Å². The molecule has 1 aliphatic rings. The summed E-state index contributed by atoms with van der Waals surface area (Å²) in [7, 11) is -3.05. The van der Waals surface area contributed by atoms with Gasteiger partial charge < -0.3 is 5.32 Å². The molecule has 1 aromatic heterocycles. The molecule has 2 aromatic rings. The van der Waals surface area contributed by atoms with E-state index in [4.69, 9.17) is 0 Å². The predicted octanol–water partition coefficient (Wildman–Crippen LogP) is 1.98. The zero-order chi connectivity index (χ0) is 17.2. The van der Waals surface area contributed by atoms with Gasteiger partial charge in [0.2, 0.25) is 0 Å². The number of rotatable bonds is 4. The molecule has 0 spiro atoms. The Bertz CT molecular complexity index is 832. The second-order valence-electron chi connectivity index (χ2n) is 6.56. The van der Waals surface area contributed by atoms with E-state index in [0.29, 0.717) is 18.4 Å². The molecule has 1 amide bonds. The normalized spacial score (nSPS) is 22.2. The summed E-state index contributed by atoms with van der Waals surface area (Å²) in [6.07, 6.45) is 2.69. The molecule has 0 radical (unpaired) electrons. The van der Waals surface area contributed by atoms with Crippen LogP contribution in [0.5, 0.6) is 0 Å². The van der Waals surface area contributed by atoms with Crippen LogP contribution in [-0.4, -0.2) is 36.4 Å². The van der Waals surface area contributed by atoms with E-state index in [9.17, 15) is 13.2 Å². The van der Waals surface area contributed by atoms with Crippen molar-refractivity contribution < 1.29 is 13.2 Å². The summed E-state index contributed by atoms with van der Waals surface area (Å²) in [4.78, 5) is 16.7. The molecule has 2 heterocycles. The molecule has 1 aliphatic heterocycles. The topological polar surface area (TPSA) is 76.1 Å². The fourth-order valence-corrected chi connectivity index (χ4v) is 5.02. The van der Waals surface area contributed by atoms with Gasteiger partial charge in [0, 0.05) is 18.3 Å². The lowest BCUT2D eigenvalue weighted by atomic mass is 10.0. The summed E-state index contributed by atoms with van der Waals surface area (Å²) in [6, 6.07) is 13.5. The van der Waals surface area contributed by atoms with Crippen molar-refractivity contribution in [1.29, 1.82) is 0 Å². The van der Waals surface area contributed by atoms with Crippen molar-refractivity contribution in [2.75, 3.05) is 11.5 Å². The smallest absolute Gasteiger partial charge is 0.253 e. The number of sulfone groups is 1. The van der Waals surface area contributed by atoms with Gasteiger partial charge in [0.25, 0.3) is 5.91 Å². The van der Waals surface area contributed by atoms with Crippen molar-refractivity contribution in [3.8, 4) is 0 Å². The molecule has 1 N–H and O–H groups in total. The van der Waals surface area contributed by atoms with Crippen LogP contribution >= 0.6 is 0 Å². The number of pyridine rings is 1. The lowest BCUT2D eigenvalue weighted by Gasteiger charge is -2.23. The zero-order valence-corrected chi connectivity index (χ0v) is 14.3. The molecule has 1 saturated heterocycles. The summed E-state index contributed by atoms with van der Waals surface area (Å²) in [5, 5.41) is 2.84. The average Bonchev–Trinajstić information content (AvgIpc) is 2.82. The predicted molar refractivity (Wildman–Crippen MR) is 92.6 cm³/mol. The second kappa shape index (κ2) is 6.36. The Hall–Kier alpha value is -2.21. The number of amides is 1. The summed E-state index contributed by atoms with van der Waals surface area (Å²) >= 11 is 0. The molecule has 0 bridgehead atoms. The van der Waals surface area contributed by atoms with Gasteiger partial charge in [0.1, 0.15) is 0 Å². The van der Waals surface area contributed by atoms with E-state index in [2.05, 4.69) is 10.3 Å². The first-order valence-corrected chi connectivity index (χ1v) is 9.69. The Morgan fingerprint density at radius 3 is 2.54 bits per heavy atom. The van der Waals surface area contributed by atoms with Crippen molar-refractivity contribution in [2.45, 2.75) is 25.3 Å². The Morgan fingerprint density at radius 1 is 1.21 bits per heavy atom. The van der Waals surface area contributed by atoms with Gasteiger partial charge in [0.15, 0.2) is 9.84 Å². The Labute approximate surface area is 142 Å². The third kappa shape index (κ3) is 4.00. The van der Waals surface area contributed by atoms with Gasteiger partial charge >= 0.3 is 0 Å². The van der Waals surface area contributed by atoms with Gasteiger partial charge in [-0.15, -0.1) is 0 Å². The minimum atomic E-state index is -3.05. The number of carbonyl (C=O) groups excluding carboxylic acids is 1. The molecule has 1 atom stereocenters. The van der Waals surface area contributed by atoms with E-state index in [1.807, 2.05) is 36.4 Å². The summed E-state index contributed by atoms with van der Waals surface area (Å²) in [5.74, 6) is -0.170. The Kier molecular flexibility index (Phi) is 4.41. The van der Waals surface area contributed by atoms with Crippen molar-refractivity contribution in [3.05, 3.63) is 65.5 Å². The maximum atomic E-state index is 12.3. The number of hydrogen-bond acceptors (Lipinski definition) is 4. The summed E-state index contributed by atoms with van der Waals surface area (Å²) in [6.45, 7) is 1.77. The first-order valence-electron chi connectivity index (χ1n) is 7.87. The van der Waals surface area contributed by atoms with E-state index in [0.717, 1.165) is 11.3 Å². The van der Waals surface area contributed by atoms with Crippen LogP contribution in [0.25, 0.3) is 0 Å². The maximum Gasteiger partial charge on any atom is 0.253 e. The quantitative estimate of drug-likeness (QED) is 0.920. The number of benzene rings is 1. The number of hydrogen-bond donors (Lipinski definition) is 1. The van der Waals surface area contributed by atoms with Crippen LogP contribution in [0.3, 0.4) is 0 Å². The standard InChI is InChI=1S/C18H20N2O3S/c1-18(9-10-24(22,23)13-18)20-17(21)15-7-8-16(19-12-15)11-14-5-3-2-4-6-14/h2-8,12H,9-11,13H2,1H3,(H,20,21). The van der Waals surface area contributed by atoms with E-state index < -0.39 is 15.4 Å². The van der Waals surface area contributed by atoms with Crippen molar-refractivity contribution >= 4 is 15.7 Å². The first-order chi connectivity index (χ1) is 11.4. The minimum absolute atomic E-state index is 0.00867. The van der Waals surface area contributed by atoms with E-state index >= 15 is 0 Å². The molecule has 0 saturated carbocycles. The molecule has 5 nitrogen and oxygen atoms in total. The third-order valence-corrected chi connectivity index (χ3v) is 6.14. The maximum absolute atomic E-state index is 12.3. The van der Waals surface area contributed by atoms with Gasteiger partial charge in [-0.2, -0.15) is 0 Å². The highest BCUT2D eigenvalue weighted by Crippen LogP contribution is 2.23. The van der Waals surface area contributed by atoms with Crippen molar-refractivity contribution in [2.24, 2.45) is 0 Å². The number of carbonyl (C=O) groups is 1. The minimum Gasteiger partial charge on any atom is -0.346 e. The molecule has 1 unspecified atom stereocenters. The molecule has 3 rings (SSSR count). The highest BCUT2D eigenvalue weighted by Gasteiger charge is 2.39. The summed E-state index contributed by atoms with van der Waals surface area (Å²) < 4.78 is 23.2.